The summed E-state index contributed by atoms with van der Waals surface area (Å²) in [6.45, 7) is 4.41. The Balaban J connectivity index is 1.53. The van der Waals surface area contributed by atoms with Crippen LogP contribution in [-0.4, -0.2) is 112 Å². The smallest absolute Gasteiger partial charge is 0.306 e. The highest BCUT2D eigenvalue weighted by Crippen LogP contribution is 2.56. The molecule has 0 spiro atoms. The van der Waals surface area contributed by atoms with Crippen molar-refractivity contribution >= 4 is 16.9 Å². The molecule has 13 heteroatoms. The van der Waals surface area contributed by atoms with Crippen LogP contribution in [0.5, 0.6) is 11.5 Å². The lowest BCUT2D eigenvalue weighted by Gasteiger charge is -2.63. The minimum absolute atomic E-state index is 0.00197. The summed E-state index contributed by atoms with van der Waals surface area (Å²) < 4.78 is 29.9. The minimum atomic E-state index is -2.38. The molecule has 1 aliphatic heterocycles. The number of carbonyl (C=O) groups excluding carboxylic acids is 1. The Morgan fingerprint density at radius 1 is 1.06 bits per heavy atom. The number of aliphatic hydroxyl groups excluding tert-OH is 4. The average Bonchev–Trinajstić information content (AvgIpc) is 3.54. The molecule has 13 nitrogen and oxygen atoms in total. The fraction of sp³-hybridized carbons (Fsp3) is 0.686. The van der Waals surface area contributed by atoms with Crippen LogP contribution in [0.2, 0.25) is 0 Å². The van der Waals surface area contributed by atoms with Gasteiger partial charge in [0.25, 0.3) is 0 Å². The van der Waals surface area contributed by atoms with E-state index in [-0.39, 0.29) is 44.0 Å². The number of hydrogen-bond acceptors (Lipinski definition) is 13. The van der Waals surface area contributed by atoms with Gasteiger partial charge in [0.15, 0.2) is 16.9 Å². The Morgan fingerprint density at radius 2 is 1.88 bits per heavy atom. The van der Waals surface area contributed by atoms with Gasteiger partial charge in [-0.3, -0.25) is 4.79 Å². The highest BCUT2D eigenvalue weighted by atomic mass is 16.7. The maximum absolute atomic E-state index is 12.5. The molecule has 0 unspecified atom stereocenters. The molecule has 1 saturated carbocycles. The van der Waals surface area contributed by atoms with Gasteiger partial charge in [-0.15, -0.1) is 0 Å². The van der Waals surface area contributed by atoms with E-state index in [1.807, 2.05) is 0 Å². The van der Waals surface area contributed by atoms with Gasteiger partial charge in [-0.2, -0.15) is 0 Å². The third-order valence-electron chi connectivity index (χ3n) is 10.1. The van der Waals surface area contributed by atoms with E-state index < -0.39 is 72.7 Å². The molecule has 1 aromatic heterocycles. The Morgan fingerprint density at radius 3 is 2.60 bits per heavy atom. The monoisotopic (exact) mass is 677 g/mol. The zero-order valence-electron chi connectivity index (χ0n) is 27.8. The predicted octanol–water partition coefficient (Wildman–Crippen LogP) is 1.57. The van der Waals surface area contributed by atoms with Gasteiger partial charge in [0, 0.05) is 36.8 Å². The summed E-state index contributed by atoms with van der Waals surface area (Å²) in [5, 5.41) is 71.4. The summed E-state index contributed by atoms with van der Waals surface area (Å²) in [5.41, 5.74) is -3.61. The fourth-order valence-corrected chi connectivity index (χ4v) is 7.69. The molecule has 3 aliphatic rings. The van der Waals surface area contributed by atoms with E-state index in [0.717, 1.165) is 25.8 Å². The number of ether oxygens (including phenoxy) is 4. The molecule has 1 saturated heterocycles. The molecule has 48 heavy (non-hydrogen) atoms. The normalized spacial score (nSPS) is 32.6. The lowest BCUT2D eigenvalue weighted by atomic mass is 9.53. The number of aryl methyl sites for hydroxylation is 1. The lowest BCUT2D eigenvalue weighted by molar-refractivity contribution is -0.391. The number of aliphatic hydroxyl groups is 6. The highest BCUT2D eigenvalue weighted by molar-refractivity contribution is 5.87. The van der Waals surface area contributed by atoms with Crippen LogP contribution in [0.4, 0.5) is 0 Å². The fourth-order valence-electron chi connectivity index (χ4n) is 7.69. The van der Waals surface area contributed by atoms with Gasteiger partial charge < -0.3 is 59.3 Å². The minimum Gasteiger partial charge on any atom is -0.485 e. The van der Waals surface area contributed by atoms with Gasteiger partial charge in [-0.05, 0) is 56.3 Å². The van der Waals surface area contributed by atoms with Crippen molar-refractivity contribution in [3.8, 4) is 11.5 Å². The van der Waals surface area contributed by atoms with Crippen molar-refractivity contribution < 1.29 is 58.8 Å². The predicted molar refractivity (Wildman–Crippen MR) is 173 cm³/mol. The van der Waals surface area contributed by atoms with Gasteiger partial charge in [0.1, 0.15) is 24.4 Å². The van der Waals surface area contributed by atoms with Crippen LogP contribution in [-0.2, 0) is 20.7 Å². The van der Waals surface area contributed by atoms with E-state index in [1.165, 1.54) is 18.8 Å². The van der Waals surface area contributed by atoms with Crippen LogP contribution in [0.3, 0.4) is 0 Å². The Kier molecular flexibility index (Phi) is 12.1. The summed E-state index contributed by atoms with van der Waals surface area (Å²) in [6.07, 6.45) is 3.03. The number of rotatable bonds is 17. The molecule has 5 rings (SSSR count). The van der Waals surface area contributed by atoms with Crippen molar-refractivity contribution in [2.75, 3.05) is 39.5 Å². The van der Waals surface area contributed by atoms with Crippen molar-refractivity contribution in [1.29, 1.82) is 0 Å². The molecule has 2 fully saturated rings. The van der Waals surface area contributed by atoms with Gasteiger partial charge >= 0.3 is 5.97 Å². The number of unbranched alkanes of at least 4 members (excludes halogenated alkanes) is 3. The Hall–Kier alpha value is -2.75. The third-order valence-corrected chi connectivity index (χ3v) is 10.1. The molecule has 268 valence electrons. The number of benzene rings is 1. The van der Waals surface area contributed by atoms with Gasteiger partial charge in [-0.25, -0.2) is 0 Å². The molecule has 2 heterocycles. The molecule has 1 aromatic carbocycles. The standard InChI is InChI=1S/C35H51NO12/c1-3-5-6-7-13-36-14-16-46-31-29-22(12-15-45-29)17-21(9-11-27(40)44-4-2)30(31)48-33-35(43)28-23(8-10-25(39)24(28)19-37)18-34(42,32(35)41)26(20-38)47-33/h8,10,12,15,17,23-26,28,32-33,36-39,41-43H,3-7,9,11,13-14,16,18-20H2,1-2H3/t23-,24-,25-,26+,28+,32-,33+,34+,35-/m0/s1. The van der Waals surface area contributed by atoms with Crippen LogP contribution in [0.1, 0.15) is 57.9 Å². The maximum Gasteiger partial charge on any atom is 0.306 e. The van der Waals surface area contributed by atoms with Crippen molar-refractivity contribution in [2.24, 2.45) is 17.8 Å². The van der Waals surface area contributed by atoms with Gasteiger partial charge in [0.2, 0.25) is 12.0 Å². The van der Waals surface area contributed by atoms with Crippen LogP contribution in [0.15, 0.2) is 35.0 Å². The number of fused-ring (bicyclic) bond motifs is 5. The number of hydrogen-bond donors (Lipinski definition) is 7. The first kappa shape index (κ1) is 36.5. The number of allylic oxidation sites excluding steroid dienone is 1. The molecule has 0 radical (unpaired) electrons. The van der Waals surface area contributed by atoms with Crippen LogP contribution < -0.4 is 14.8 Å². The van der Waals surface area contributed by atoms with Crippen LogP contribution in [0.25, 0.3) is 11.0 Å². The second-order valence-corrected chi connectivity index (χ2v) is 13.2. The first-order valence-corrected chi connectivity index (χ1v) is 17.2. The summed E-state index contributed by atoms with van der Waals surface area (Å²) in [7, 11) is 0. The van der Waals surface area contributed by atoms with E-state index in [2.05, 4.69) is 12.2 Å². The van der Waals surface area contributed by atoms with E-state index in [0.29, 0.717) is 23.1 Å². The zero-order valence-corrected chi connectivity index (χ0v) is 27.8. The van der Waals surface area contributed by atoms with Gasteiger partial charge in [0.05, 0.1) is 25.6 Å². The van der Waals surface area contributed by atoms with Gasteiger partial charge in [-0.1, -0.05) is 38.3 Å². The second kappa shape index (κ2) is 15.9. The zero-order chi connectivity index (χ0) is 34.5. The van der Waals surface area contributed by atoms with Crippen molar-refractivity contribution in [2.45, 2.75) is 94.6 Å². The molecule has 2 aromatic rings. The Bertz CT molecular complexity index is 1400. The first-order valence-electron chi connectivity index (χ1n) is 17.2. The highest BCUT2D eigenvalue weighted by Gasteiger charge is 2.72. The van der Waals surface area contributed by atoms with E-state index in [9.17, 15) is 35.4 Å². The lowest BCUT2D eigenvalue weighted by Crippen LogP contribution is -2.81. The number of carbonyl (C=O) groups is 1. The van der Waals surface area contributed by atoms with Crippen molar-refractivity contribution in [1.82, 2.24) is 5.32 Å². The number of nitrogens with one attached hydrogen (secondary N) is 1. The number of esters is 1. The van der Waals surface area contributed by atoms with Crippen LogP contribution in [0, 0.1) is 17.8 Å². The number of furan rings is 1. The maximum atomic E-state index is 12.5. The quantitative estimate of drug-likeness (QED) is 0.0724. The molecule has 2 bridgehead atoms. The largest absolute Gasteiger partial charge is 0.485 e. The van der Waals surface area contributed by atoms with E-state index >= 15 is 0 Å². The average molecular weight is 678 g/mol. The molecular weight excluding hydrogens is 626 g/mol. The second-order valence-electron chi connectivity index (χ2n) is 13.2. The first-order chi connectivity index (χ1) is 23.1. The summed E-state index contributed by atoms with van der Waals surface area (Å²) in [5.74, 6) is -2.72. The third kappa shape index (κ3) is 6.97. The van der Waals surface area contributed by atoms with Crippen molar-refractivity contribution in [3.63, 3.8) is 0 Å². The van der Waals surface area contributed by atoms with E-state index in [4.69, 9.17) is 23.4 Å². The topological polar surface area (TPSA) is 201 Å². The summed E-state index contributed by atoms with van der Waals surface area (Å²) in [4.78, 5) is 12.4. The molecule has 0 amide bonds. The molecule has 9 atom stereocenters. The van der Waals surface area contributed by atoms with E-state index in [1.54, 1.807) is 25.1 Å². The summed E-state index contributed by atoms with van der Waals surface area (Å²) >= 11 is 0. The van der Waals surface area contributed by atoms with Crippen LogP contribution >= 0.6 is 0 Å². The Labute approximate surface area is 280 Å². The summed E-state index contributed by atoms with van der Waals surface area (Å²) in [6, 6.07) is 3.51. The molecule has 7 N–H and O–H groups in total. The molecule has 2 aliphatic carbocycles. The SMILES string of the molecule is CCCCCCNCCOc1c(O[C@H]2O[C@H](CO)[C@]3(O)C[C@@H]4C=C[C@H](O)[C@H](CO)[C@@H]4[C@]2(O)[C@H]3O)c(CCC(=O)OCC)cc2ccoc12. The molecular formula is C35H51NO12. The van der Waals surface area contributed by atoms with Crippen molar-refractivity contribution in [3.05, 3.63) is 36.1 Å².